The summed E-state index contributed by atoms with van der Waals surface area (Å²) in [5.74, 6) is 1.59. The molecule has 3 heteroatoms. The molecular weight excluding hydrogens is 248 g/mol. The summed E-state index contributed by atoms with van der Waals surface area (Å²) in [6.45, 7) is 10.2. The number of carbonyl (C=O) groups excluding carboxylic acids is 1. The Kier molecular flexibility index (Phi) is 5.18. The number of likely N-dealkylation sites (tertiary alicyclic amines) is 1. The van der Waals surface area contributed by atoms with Gasteiger partial charge in [-0.2, -0.15) is 0 Å². The highest BCUT2D eigenvalue weighted by molar-refractivity contribution is 5.72. The SMILES string of the molecule is CC(=O)NCc1ccccc1CN1C[C@H](C)C[C@@H](C)C1. The van der Waals surface area contributed by atoms with E-state index in [1.807, 2.05) is 6.07 Å². The lowest BCUT2D eigenvalue weighted by Crippen LogP contribution is -2.38. The van der Waals surface area contributed by atoms with Gasteiger partial charge in [-0.3, -0.25) is 9.69 Å². The number of hydrogen-bond donors (Lipinski definition) is 1. The van der Waals surface area contributed by atoms with Crippen molar-refractivity contribution in [3.8, 4) is 0 Å². The van der Waals surface area contributed by atoms with Crippen molar-refractivity contribution in [2.24, 2.45) is 11.8 Å². The molecule has 0 bridgehead atoms. The lowest BCUT2D eigenvalue weighted by atomic mass is 9.91. The number of nitrogens with one attached hydrogen (secondary N) is 1. The Bertz CT molecular complexity index is 448. The summed E-state index contributed by atoms with van der Waals surface area (Å²) < 4.78 is 0. The molecule has 0 spiro atoms. The zero-order valence-electron chi connectivity index (χ0n) is 12.9. The van der Waals surface area contributed by atoms with E-state index in [2.05, 4.69) is 42.3 Å². The summed E-state index contributed by atoms with van der Waals surface area (Å²) in [7, 11) is 0. The van der Waals surface area contributed by atoms with Crippen LogP contribution in [0.5, 0.6) is 0 Å². The fourth-order valence-corrected chi connectivity index (χ4v) is 3.27. The van der Waals surface area contributed by atoms with E-state index in [4.69, 9.17) is 0 Å². The summed E-state index contributed by atoms with van der Waals surface area (Å²) >= 11 is 0. The first kappa shape index (κ1) is 15.0. The predicted octanol–water partition coefficient (Wildman–Crippen LogP) is 2.80. The maximum atomic E-state index is 11.1. The molecule has 1 aromatic rings. The maximum absolute atomic E-state index is 11.1. The van der Waals surface area contributed by atoms with Gasteiger partial charge < -0.3 is 5.32 Å². The second-order valence-electron chi connectivity index (χ2n) is 6.32. The van der Waals surface area contributed by atoms with E-state index in [1.54, 1.807) is 6.92 Å². The van der Waals surface area contributed by atoms with Crippen LogP contribution >= 0.6 is 0 Å². The smallest absolute Gasteiger partial charge is 0.217 e. The van der Waals surface area contributed by atoms with E-state index < -0.39 is 0 Å². The van der Waals surface area contributed by atoms with E-state index in [0.29, 0.717) is 6.54 Å². The third kappa shape index (κ3) is 4.34. The van der Waals surface area contributed by atoms with Gasteiger partial charge in [0.25, 0.3) is 0 Å². The summed E-state index contributed by atoms with van der Waals surface area (Å²) in [6, 6.07) is 8.43. The summed E-state index contributed by atoms with van der Waals surface area (Å²) in [5.41, 5.74) is 2.57. The fraction of sp³-hybridized carbons (Fsp3) is 0.588. The fourth-order valence-electron chi connectivity index (χ4n) is 3.27. The minimum atomic E-state index is 0.0278. The van der Waals surface area contributed by atoms with Gasteiger partial charge in [0, 0.05) is 33.1 Å². The van der Waals surface area contributed by atoms with Gasteiger partial charge in [-0.1, -0.05) is 38.1 Å². The molecule has 0 unspecified atom stereocenters. The van der Waals surface area contributed by atoms with Crippen molar-refractivity contribution in [1.29, 1.82) is 0 Å². The second-order valence-corrected chi connectivity index (χ2v) is 6.32. The normalized spacial score (nSPS) is 23.6. The Morgan fingerprint density at radius 3 is 2.40 bits per heavy atom. The molecule has 1 heterocycles. The van der Waals surface area contributed by atoms with Crippen LogP contribution in [0.3, 0.4) is 0 Å². The van der Waals surface area contributed by atoms with Gasteiger partial charge in [-0.25, -0.2) is 0 Å². The molecular formula is C17H26N2O. The number of hydrogen-bond acceptors (Lipinski definition) is 2. The highest BCUT2D eigenvalue weighted by Gasteiger charge is 2.22. The van der Waals surface area contributed by atoms with Gasteiger partial charge >= 0.3 is 0 Å². The predicted molar refractivity (Wildman–Crippen MR) is 82.2 cm³/mol. The average molecular weight is 274 g/mol. The molecule has 1 fully saturated rings. The minimum Gasteiger partial charge on any atom is -0.352 e. The van der Waals surface area contributed by atoms with Crippen LogP contribution in [0.1, 0.15) is 38.3 Å². The molecule has 110 valence electrons. The number of nitrogens with zero attached hydrogens (tertiary/aromatic N) is 1. The Morgan fingerprint density at radius 1 is 1.20 bits per heavy atom. The first-order valence-electron chi connectivity index (χ1n) is 7.58. The maximum Gasteiger partial charge on any atom is 0.217 e. The summed E-state index contributed by atoms with van der Waals surface area (Å²) in [6.07, 6.45) is 1.34. The van der Waals surface area contributed by atoms with Crippen LogP contribution in [0.4, 0.5) is 0 Å². The van der Waals surface area contributed by atoms with Crippen molar-refractivity contribution in [2.45, 2.75) is 40.3 Å². The lowest BCUT2D eigenvalue weighted by molar-refractivity contribution is -0.119. The largest absolute Gasteiger partial charge is 0.352 e. The van der Waals surface area contributed by atoms with E-state index in [0.717, 1.165) is 18.4 Å². The van der Waals surface area contributed by atoms with Crippen LogP contribution in [0.2, 0.25) is 0 Å². The van der Waals surface area contributed by atoms with Gasteiger partial charge in [0.15, 0.2) is 0 Å². The van der Waals surface area contributed by atoms with Gasteiger partial charge in [0.05, 0.1) is 0 Å². The van der Waals surface area contributed by atoms with Crippen LogP contribution in [0, 0.1) is 11.8 Å². The van der Waals surface area contributed by atoms with E-state index in [1.165, 1.54) is 30.6 Å². The highest BCUT2D eigenvalue weighted by atomic mass is 16.1. The second kappa shape index (κ2) is 6.89. The van der Waals surface area contributed by atoms with Crippen LogP contribution in [-0.4, -0.2) is 23.9 Å². The first-order chi connectivity index (χ1) is 9.54. The standard InChI is InChI=1S/C17H26N2O/c1-13-8-14(2)11-19(10-13)12-17-7-5-4-6-16(17)9-18-15(3)20/h4-7,13-14H,8-12H2,1-3H3,(H,18,20)/t13-,14-/m1/s1. The van der Waals surface area contributed by atoms with Crippen LogP contribution < -0.4 is 5.32 Å². The molecule has 3 nitrogen and oxygen atoms in total. The number of rotatable bonds is 4. The van der Waals surface area contributed by atoms with E-state index in [9.17, 15) is 4.79 Å². The van der Waals surface area contributed by atoms with Crippen molar-refractivity contribution in [3.63, 3.8) is 0 Å². The third-order valence-corrected chi connectivity index (χ3v) is 3.98. The molecule has 0 radical (unpaired) electrons. The van der Waals surface area contributed by atoms with E-state index in [-0.39, 0.29) is 5.91 Å². The molecule has 0 saturated carbocycles. The minimum absolute atomic E-state index is 0.0278. The Hall–Kier alpha value is -1.35. The van der Waals surface area contributed by atoms with Crippen LogP contribution in [-0.2, 0) is 17.9 Å². The molecule has 1 aliphatic heterocycles. The number of carbonyl (C=O) groups is 1. The van der Waals surface area contributed by atoms with Gasteiger partial charge in [0.2, 0.25) is 5.91 Å². The van der Waals surface area contributed by atoms with Gasteiger partial charge in [0.1, 0.15) is 0 Å². The summed E-state index contributed by atoms with van der Waals surface area (Å²) in [4.78, 5) is 13.6. The molecule has 1 saturated heterocycles. The molecule has 1 amide bonds. The van der Waals surface area contributed by atoms with Crippen molar-refractivity contribution < 1.29 is 4.79 Å². The third-order valence-electron chi connectivity index (χ3n) is 3.98. The van der Waals surface area contributed by atoms with Gasteiger partial charge in [-0.15, -0.1) is 0 Å². The molecule has 2 rings (SSSR count). The van der Waals surface area contributed by atoms with Crippen molar-refractivity contribution in [3.05, 3.63) is 35.4 Å². The summed E-state index contributed by atoms with van der Waals surface area (Å²) in [5, 5.41) is 2.90. The van der Waals surface area contributed by atoms with Crippen molar-refractivity contribution in [2.75, 3.05) is 13.1 Å². The zero-order valence-corrected chi connectivity index (χ0v) is 12.9. The quantitative estimate of drug-likeness (QED) is 0.915. The molecule has 1 aromatic carbocycles. The molecule has 20 heavy (non-hydrogen) atoms. The van der Waals surface area contributed by atoms with Crippen LogP contribution in [0.25, 0.3) is 0 Å². The Labute approximate surface area is 122 Å². The first-order valence-corrected chi connectivity index (χ1v) is 7.58. The highest BCUT2D eigenvalue weighted by Crippen LogP contribution is 2.23. The number of benzene rings is 1. The van der Waals surface area contributed by atoms with Crippen LogP contribution in [0.15, 0.2) is 24.3 Å². The zero-order chi connectivity index (χ0) is 14.5. The molecule has 1 N–H and O–H groups in total. The Morgan fingerprint density at radius 2 is 1.80 bits per heavy atom. The number of amides is 1. The molecule has 0 aliphatic carbocycles. The van der Waals surface area contributed by atoms with Crippen molar-refractivity contribution >= 4 is 5.91 Å². The molecule has 1 aliphatic rings. The average Bonchev–Trinajstić information content (AvgIpc) is 2.36. The topological polar surface area (TPSA) is 32.3 Å². The lowest BCUT2D eigenvalue weighted by Gasteiger charge is -2.35. The molecule has 2 atom stereocenters. The van der Waals surface area contributed by atoms with E-state index >= 15 is 0 Å². The Balaban J connectivity index is 2.02. The van der Waals surface area contributed by atoms with Crippen molar-refractivity contribution in [1.82, 2.24) is 10.2 Å². The van der Waals surface area contributed by atoms with Gasteiger partial charge in [-0.05, 0) is 29.4 Å². The molecule has 0 aromatic heterocycles. The number of piperidine rings is 1. The monoisotopic (exact) mass is 274 g/mol.